The SMILES string of the molecule is N#Cc1cccc(NC(=O)c2ccc3c(c2)S(=O)(=O)N(C2CC2)C3=O)c1. The van der Waals surface area contributed by atoms with Crippen molar-refractivity contribution in [3.05, 3.63) is 59.2 Å². The normalized spacial score (nSPS) is 17.5. The van der Waals surface area contributed by atoms with Gasteiger partial charge in [-0.15, -0.1) is 0 Å². The largest absolute Gasteiger partial charge is 0.322 e. The van der Waals surface area contributed by atoms with Crippen LogP contribution >= 0.6 is 0 Å². The smallest absolute Gasteiger partial charge is 0.269 e. The van der Waals surface area contributed by atoms with Crippen LogP contribution in [0.15, 0.2) is 47.4 Å². The lowest BCUT2D eigenvalue weighted by atomic mass is 10.1. The summed E-state index contributed by atoms with van der Waals surface area (Å²) in [6.07, 6.45) is 1.34. The number of amides is 2. The highest BCUT2D eigenvalue weighted by atomic mass is 32.2. The number of sulfonamides is 1. The standard InChI is InChI=1S/C18H13N3O4S/c19-10-11-2-1-3-13(8-11)20-17(22)12-4-7-15-16(9-12)26(24,25)21(18(15)23)14-5-6-14/h1-4,7-9,14H,5-6H2,(H,20,22). The maximum atomic E-state index is 12.6. The highest BCUT2D eigenvalue weighted by Gasteiger charge is 2.48. The molecule has 26 heavy (non-hydrogen) atoms. The van der Waals surface area contributed by atoms with Gasteiger partial charge in [-0.3, -0.25) is 9.59 Å². The summed E-state index contributed by atoms with van der Waals surface area (Å²) < 4.78 is 26.2. The number of nitrogens with zero attached hydrogens (tertiary/aromatic N) is 2. The Kier molecular flexibility index (Phi) is 3.56. The van der Waals surface area contributed by atoms with E-state index in [1.165, 1.54) is 24.3 Å². The third-order valence-electron chi connectivity index (χ3n) is 4.34. The van der Waals surface area contributed by atoms with Gasteiger partial charge in [-0.25, -0.2) is 12.7 Å². The summed E-state index contributed by atoms with van der Waals surface area (Å²) in [6, 6.07) is 12.1. The molecular weight excluding hydrogens is 354 g/mol. The first-order chi connectivity index (χ1) is 12.4. The van der Waals surface area contributed by atoms with Crippen LogP contribution in [0.2, 0.25) is 0 Å². The zero-order valence-electron chi connectivity index (χ0n) is 13.5. The number of hydrogen-bond donors (Lipinski definition) is 1. The quantitative estimate of drug-likeness (QED) is 0.894. The number of hydrogen-bond acceptors (Lipinski definition) is 5. The average Bonchev–Trinajstić information content (AvgIpc) is 3.43. The summed E-state index contributed by atoms with van der Waals surface area (Å²) in [6.45, 7) is 0. The van der Waals surface area contributed by atoms with Crippen molar-refractivity contribution in [1.29, 1.82) is 5.26 Å². The third kappa shape index (κ3) is 2.53. The number of fused-ring (bicyclic) bond motifs is 1. The molecule has 0 bridgehead atoms. The Bertz CT molecular complexity index is 1100. The van der Waals surface area contributed by atoms with Gasteiger partial charge in [0.05, 0.1) is 17.2 Å². The summed E-state index contributed by atoms with van der Waals surface area (Å²) in [7, 11) is -3.91. The molecule has 1 aliphatic heterocycles. The lowest BCUT2D eigenvalue weighted by Gasteiger charge is -2.13. The fourth-order valence-electron chi connectivity index (χ4n) is 2.93. The monoisotopic (exact) mass is 367 g/mol. The van der Waals surface area contributed by atoms with Crippen molar-refractivity contribution >= 4 is 27.5 Å². The highest BCUT2D eigenvalue weighted by molar-refractivity contribution is 7.90. The number of nitriles is 1. The minimum atomic E-state index is -3.91. The summed E-state index contributed by atoms with van der Waals surface area (Å²) in [5.41, 5.74) is 1.04. The van der Waals surface area contributed by atoms with E-state index in [9.17, 15) is 18.0 Å². The van der Waals surface area contributed by atoms with Gasteiger partial charge in [-0.1, -0.05) is 6.07 Å². The molecule has 2 amide bonds. The zero-order valence-corrected chi connectivity index (χ0v) is 14.3. The summed E-state index contributed by atoms with van der Waals surface area (Å²) in [5, 5.41) is 11.5. The van der Waals surface area contributed by atoms with Gasteiger partial charge in [-0.2, -0.15) is 5.26 Å². The second-order valence-corrected chi connectivity index (χ2v) is 7.98. The fraction of sp³-hybridized carbons (Fsp3) is 0.167. The fourth-order valence-corrected chi connectivity index (χ4v) is 4.77. The summed E-state index contributed by atoms with van der Waals surface area (Å²) in [4.78, 5) is 24.7. The molecule has 130 valence electrons. The van der Waals surface area contributed by atoms with Gasteiger partial charge < -0.3 is 5.32 Å². The van der Waals surface area contributed by atoms with Crippen molar-refractivity contribution in [2.75, 3.05) is 5.32 Å². The molecule has 7 nitrogen and oxygen atoms in total. The maximum Gasteiger partial charge on any atom is 0.269 e. The van der Waals surface area contributed by atoms with Crippen LogP contribution < -0.4 is 5.32 Å². The Labute approximate surface area is 149 Å². The summed E-state index contributed by atoms with van der Waals surface area (Å²) >= 11 is 0. The Hall–Kier alpha value is -3.18. The van der Waals surface area contributed by atoms with Gasteiger partial charge in [0.1, 0.15) is 4.90 Å². The van der Waals surface area contributed by atoms with E-state index in [4.69, 9.17) is 5.26 Å². The van der Waals surface area contributed by atoms with Crippen LogP contribution in [0.3, 0.4) is 0 Å². The van der Waals surface area contributed by atoms with E-state index >= 15 is 0 Å². The lowest BCUT2D eigenvalue weighted by Crippen LogP contribution is -2.31. The van der Waals surface area contributed by atoms with Crippen molar-refractivity contribution in [2.24, 2.45) is 0 Å². The van der Waals surface area contributed by atoms with E-state index in [0.717, 1.165) is 4.31 Å². The molecule has 1 saturated carbocycles. The molecule has 2 aromatic carbocycles. The highest BCUT2D eigenvalue weighted by Crippen LogP contribution is 2.39. The third-order valence-corrected chi connectivity index (χ3v) is 6.21. The van der Waals surface area contributed by atoms with Crippen molar-refractivity contribution in [1.82, 2.24) is 4.31 Å². The number of carbonyl (C=O) groups excluding carboxylic acids is 2. The number of carbonyl (C=O) groups is 2. The summed E-state index contributed by atoms with van der Waals surface area (Å²) in [5.74, 6) is -1.05. The van der Waals surface area contributed by atoms with E-state index in [-0.39, 0.29) is 22.1 Å². The van der Waals surface area contributed by atoms with Gasteiger partial charge in [0.15, 0.2) is 0 Å². The predicted octanol–water partition coefficient (Wildman–Crippen LogP) is 2.12. The van der Waals surface area contributed by atoms with E-state index in [1.807, 2.05) is 6.07 Å². The average molecular weight is 367 g/mol. The first kappa shape index (κ1) is 16.3. The lowest BCUT2D eigenvalue weighted by molar-refractivity contribution is 0.0864. The van der Waals surface area contributed by atoms with Crippen LogP contribution in [0.5, 0.6) is 0 Å². The van der Waals surface area contributed by atoms with Crippen molar-refractivity contribution in [3.8, 4) is 6.07 Å². The molecule has 0 unspecified atom stereocenters. The molecule has 0 radical (unpaired) electrons. The van der Waals surface area contributed by atoms with E-state index in [0.29, 0.717) is 24.1 Å². The topological polar surface area (TPSA) is 107 Å². The molecule has 4 rings (SSSR count). The molecule has 0 spiro atoms. The van der Waals surface area contributed by atoms with Gasteiger partial charge in [0, 0.05) is 17.3 Å². The van der Waals surface area contributed by atoms with Crippen LogP contribution in [-0.4, -0.2) is 30.6 Å². The van der Waals surface area contributed by atoms with E-state index in [2.05, 4.69) is 5.32 Å². The van der Waals surface area contributed by atoms with Crippen LogP contribution in [0.4, 0.5) is 5.69 Å². The second-order valence-electron chi connectivity index (χ2n) is 6.19. The molecule has 0 saturated heterocycles. The van der Waals surface area contributed by atoms with E-state index in [1.54, 1.807) is 18.2 Å². The minimum Gasteiger partial charge on any atom is -0.322 e. The molecule has 8 heteroatoms. The molecule has 0 aromatic heterocycles. The maximum absolute atomic E-state index is 12.6. The Balaban J connectivity index is 1.66. The molecule has 1 N–H and O–H groups in total. The van der Waals surface area contributed by atoms with Crippen LogP contribution in [0.1, 0.15) is 39.1 Å². The molecule has 1 heterocycles. The number of anilines is 1. The minimum absolute atomic E-state index is 0.0972. The van der Waals surface area contributed by atoms with Crippen LogP contribution in [0, 0.1) is 11.3 Å². The van der Waals surface area contributed by atoms with Crippen molar-refractivity contribution in [2.45, 2.75) is 23.8 Å². The van der Waals surface area contributed by atoms with Crippen molar-refractivity contribution < 1.29 is 18.0 Å². The van der Waals surface area contributed by atoms with Crippen molar-refractivity contribution in [3.63, 3.8) is 0 Å². The van der Waals surface area contributed by atoms with Gasteiger partial charge in [0.2, 0.25) is 0 Å². The molecule has 0 atom stereocenters. The first-order valence-corrected chi connectivity index (χ1v) is 9.40. The van der Waals surface area contributed by atoms with Gasteiger partial charge >= 0.3 is 0 Å². The molecule has 1 fully saturated rings. The number of nitrogens with one attached hydrogen (secondary N) is 1. The molecule has 2 aliphatic rings. The Morgan fingerprint density at radius 3 is 2.65 bits per heavy atom. The Morgan fingerprint density at radius 2 is 1.96 bits per heavy atom. The molecule has 1 aliphatic carbocycles. The molecular formula is C18H13N3O4S. The predicted molar refractivity (Wildman–Crippen MR) is 91.9 cm³/mol. The molecule has 2 aromatic rings. The van der Waals surface area contributed by atoms with Crippen LogP contribution in [0.25, 0.3) is 0 Å². The number of rotatable bonds is 3. The van der Waals surface area contributed by atoms with Crippen LogP contribution in [-0.2, 0) is 10.0 Å². The van der Waals surface area contributed by atoms with Gasteiger partial charge in [-0.05, 0) is 49.2 Å². The van der Waals surface area contributed by atoms with Gasteiger partial charge in [0.25, 0.3) is 21.8 Å². The van der Waals surface area contributed by atoms with E-state index < -0.39 is 21.8 Å². The Morgan fingerprint density at radius 1 is 1.19 bits per heavy atom. The first-order valence-electron chi connectivity index (χ1n) is 7.96. The zero-order chi connectivity index (χ0) is 18.5. The second kappa shape index (κ2) is 5.68. The number of benzene rings is 2.